The van der Waals surface area contributed by atoms with Gasteiger partial charge in [0.15, 0.2) is 5.82 Å². The number of nitrogens with zero attached hydrogens (tertiary/aromatic N) is 4. The summed E-state index contributed by atoms with van der Waals surface area (Å²) in [5.74, 6) is 0.407. The van der Waals surface area contributed by atoms with Gasteiger partial charge in [0.05, 0.1) is 28.5 Å². The normalized spacial score (nSPS) is 13.1. The predicted molar refractivity (Wildman–Crippen MR) is 117 cm³/mol. The summed E-state index contributed by atoms with van der Waals surface area (Å²) in [6.45, 7) is 1.85. The van der Waals surface area contributed by atoms with Crippen LogP contribution in [0.2, 0.25) is 0 Å². The number of nitriles is 1. The maximum Gasteiger partial charge on any atom is 0.259 e. The number of carbonyl (C=O) groups is 1. The molecule has 0 saturated carbocycles. The van der Waals surface area contributed by atoms with Gasteiger partial charge in [0.2, 0.25) is 0 Å². The van der Waals surface area contributed by atoms with Crippen molar-refractivity contribution in [3.8, 4) is 11.9 Å². The van der Waals surface area contributed by atoms with Crippen LogP contribution in [0.5, 0.6) is 0 Å². The van der Waals surface area contributed by atoms with Crippen molar-refractivity contribution < 1.29 is 4.79 Å². The van der Waals surface area contributed by atoms with Crippen LogP contribution in [0.25, 0.3) is 16.7 Å². The van der Waals surface area contributed by atoms with Crippen LogP contribution in [0.15, 0.2) is 42.6 Å². The number of thiophene rings is 1. The Balaban J connectivity index is 1.46. The van der Waals surface area contributed by atoms with Crippen molar-refractivity contribution in [2.75, 3.05) is 5.32 Å². The largest absolute Gasteiger partial charge is 0.312 e. The lowest BCUT2D eigenvalue weighted by Crippen LogP contribution is -2.13. The van der Waals surface area contributed by atoms with E-state index in [1.165, 1.54) is 16.2 Å². The molecule has 1 aromatic carbocycles. The van der Waals surface area contributed by atoms with Gasteiger partial charge in [0.25, 0.3) is 5.91 Å². The first kappa shape index (κ1) is 18.5. The minimum Gasteiger partial charge on any atom is -0.312 e. The van der Waals surface area contributed by atoms with Gasteiger partial charge in [-0.05, 0) is 56.4 Å². The highest BCUT2D eigenvalue weighted by Gasteiger charge is 2.23. The summed E-state index contributed by atoms with van der Waals surface area (Å²) in [4.78, 5) is 18.9. The first-order chi connectivity index (χ1) is 14.7. The van der Waals surface area contributed by atoms with Gasteiger partial charge in [0, 0.05) is 10.3 Å². The van der Waals surface area contributed by atoms with Crippen LogP contribution >= 0.6 is 11.3 Å². The lowest BCUT2D eigenvalue weighted by Gasteiger charge is -2.09. The zero-order valence-corrected chi connectivity index (χ0v) is 17.3. The molecule has 1 N–H and O–H groups in total. The van der Waals surface area contributed by atoms with Crippen molar-refractivity contribution in [3.05, 3.63) is 69.9 Å². The molecule has 6 nitrogen and oxygen atoms in total. The van der Waals surface area contributed by atoms with E-state index in [0.717, 1.165) is 42.1 Å². The highest BCUT2D eigenvalue weighted by Crippen LogP contribution is 2.37. The van der Waals surface area contributed by atoms with Gasteiger partial charge in [-0.2, -0.15) is 10.4 Å². The van der Waals surface area contributed by atoms with Gasteiger partial charge in [0.1, 0.15) is 11.1 Å². The number of carbonyl (C=O) groups excluding carboxylic acids is 1. The van der Waals surface area contributed by atoms with Gasteiger partial charge in [-0.1, -0.05) is 18.2 Å². The number of rotatable bonds is 3. The molecule has 3 heterocycles. The summed E-state index contributed by atoms with van der Waals surface area (Å²) in [5.41, 5.74) is 3.77. The van der Waals surface area contributed by atoms with Crippen molar-refractivity contribution in [2.45, 2.75) is 32.6 Å². The molecule has 0 bridgehead atoms. The second-order valence-corrected chi connectivity index (χ2v) is 8.50. The van der Waals surface area contributed by atoms with Gasteiger partial charge in [-0.3, -0.25) is 4.79 Å². The smallest absolute Gasteiger partial charge is 0.259 e. The third-order valence-electron chi connectivity index (χ3n) is 5.57. The maximum absolute atomic E-state index is 13.0. The molecule has 1 aliphatic carbocycles. The molecule has 4 aromatic rings. The van der Waals surface area contributed by atoms with Crippen LogP contribution in [0, 0.1) is 18.3 Å². The van der Waals surface area contributed by atoms with Crippen LogP contribution in [0.4, 0.5) is 5.00 Å². The maximum atomic E-state index is 13.0. The number of amides is 1. The molecule has 1 aliphatic rings. The molecule has 7 heteroatoms. The average Bonchev–Trinajstić information content (AvgIpc) is 3.33. The fourth-order valence-electron chi connectivity index (χ4n) is 3.98. The molecule has 0 radical (unpaired) electrons. The van der Waals surface area contributed by atoms with Crippen molar-refractivity contribution in [2.24, 2.45) is 0 Å². The van der Waals surface area contributed by atoms with E-state index >= 15 is 0 Å². The van der Waals surface area contributed by atoms with E-state index in [-0.39, 0.29) is 5.91 Å². The molecule has 0 aliphatic heterocycles. The molecule has 0 spiro atoms. The molecule has 0 saturated heterocycles. The number of hydrogen-bond acceptors (Lipinski definition) is 5. The summed E-state index contributed by atoms with van der Waals surface area (Å²) in [7, 11) is 0. The fraction of sp³-hybridized carbons (Fsp3) is 0.217. The lowest BCUT2D eigenvalue weighted by molar-refractivity contribution is 0.102. The molecule has 148 valence electrons. The summed E-state index contributed by atoms with van der Waals surface area (Å²) >= 11 is 1.53. The Hall–Kier alpha value is -3.50. The molecular weight excluding hydrogens is 394 g/mol. The quantitative estimate of drug-likeness (QED) is 0.523. The second kappa shape index (κ2) is 7.39. The third kappa shape index (κ3) is 3.06. The third-order valence-corrected chi connectivity index (χ3v) is 6.77. The van der Waals surface area contributed by atoms with Crippen molar-refractivity contribution >= 4 is 33.1 Å². The summed E-state index contributed by atoms with van der Waals surface area (Å²) in [6.07, 6.45) is 5.68. The van der Waals surface area contributed by atoms with Crippen LogP contribution in [-0.4, -0.2) is 20.7 Å². The summed E-state index contributed by atoms with van der Waals surface area (Å²) in [5, 5.41) is 18.7. The standard InChI is InChI=1S/C23H19N5OS/c1-14-18(13-25-28(14)21-11-10-15-6-2-4-8-19(15)26-21)22(29)27-23-17(12-24)16-7-3-5-9-20(16)30-23/h2,4,6,8,10-11,13H,3,5,7,9H2,1H3,(H,27,29). The molecule has 30 heavy (non-hydrogen) atoms. The first-order valence-corrected chi connectivity index (χ1v) is 10.7. The molecule has 0 atom stereocenters. The van der Waals surface area contributed by atoms with E-state index in [0.29, 0.717) is 27.6 Å². The fourth-order valence-corrected chi connectivity index (χ4v) is 5.21. The molecule has 0 unspecified atom stereocenters. The minimum absolute atomic E-state index is 0.255. The molecule has 5 rings (SSSR count). The van der Waals surface area contributed by atoms with Crippen LogP contribution in [-0.2, 0) is 12.8 Å². The van der Waals surface area contributed by atoms with E-state index in [4.69, 9.17) is 0 Å². The highest BCUT2D eigenvalue weighted by molar-refractivity contribution is 7.16. The number of aryl methyl sites for hydroxylation is 1. The monoisotopic (exact) mass is 413 g/mol. The Morgan fingerprint density at radius 2 is 2.03 bits per heavy atom. The van der Waals surface area contributed by atoms with Crippen LogP contribution in [0.3, 0.4) is 0 Å². The van der Waals surface area contributed by atoms with Gasteiger partial charge in [-0.25, -0.2) is 9.67 Å². The zero-order chi connectivity index (χ0) is 20.7. The van der Waals surface area contributed by atoms with Gasteiger partial charge < -0.3 is 5.32 Å². The minimum atomic E-state index is -0.255. The summed E-state index contributed by atoms with van der Waals surface area (Å²) in [6, 6.07) is 14.1. The number of pyridine rings is 1. The van der Waals surface area contributed by atoms with Crippen molar-refractivity contribution in [1.29, 1.82) is 5.26 Å². The number of nitrogens with one attached hydrogen (secondary N) is 1. The molecule has 3 aromatic heterocycles. The van der Waals surface area contributed by atoms with Gasteiger partial charge in [-0.15, -0.1) is 11.3 Å². The number of benzene rings is 1. The van der Waals surface area contributed by atoms with E-state index in [1.54, 1.807) is 10.9 Å². The van der Waals surface area contributed by atoms with Crippen molar-refractivity contribution in [3.63, 3.8) is 0 Å². The topological polar surface area (TPSA) is 83.6 Å². The van der Waals surface area contributed by atoms with Crippen LogP contribution < -0.4 is 5.32 Å². The van der Waals surface area contributed by atoms with Crippen molar-refractivity contribution in [1.82, 2.24) is 14.8 Å². The molecule has 0 fully saturated rings. The summed E-state index contributed by atoms with van der Waals surface area (Å²) < 4.78 is 1.67. The highest BCUT2D eigenvalue weighted by atomic mass is 32.1. The SMILES string of the molecule is Cc1c(C(=O)Nc2sc3c(c2C#N)CCCC3)cnn1-c1ccc2ccccc2n1. The van der Waals surface area contributed by atoms with E-state index < -0.39 is 0 Å². The lowest BCUT2D eigenvalue weighted by atomic mass is 9.96. The predicted octanol–water partition coefficient (Wildman–Crippen LogP) is 4.79. The Morgan fingerprint density at radius 1 is 1.20 bits per heavy atom. The Bertz CT molecular complexity index is 1330. The number of para-hydroxylation sites is 1. The second-order valence-electron chi connectivity index (χ2n) is 7.40. The van der Waals surface area contributed by atoms with E-state index in [9.17, 15) is 10.1 Å². The van der Waals surface area contributed by atoms with Crippen LogP contribution in [0.1, 0.15) is 44.9 Å². The Labute approximate surface area is 177 Å². The number of anilines is 1. The number of aromatic nitrogens is 3. The van der Waals surface area contributed by atoms with Gasteiger partial charge >= 0.3 is 0 Å². The first-order valence-electron chi connectivity index (χ1n) is 9.92. The number of fused-ring (bicyclic) bond motifs is 2. The Morgan fingerprint density at radius 3 is 2.90 bits per heavy atom. The average molecular weight is 414 g/mol. The molecular formula is C23H19N5OS. The van der Waals surface area contributed by atoms with E-state index in [1.807, 2.05) is 43.3 Å². The van der Waals surface area contributed by atoms with E-state index in [2.05, 4.69) is 21.5 Å². The molecule has 1 amide bonds. The Kier molecular flexibility index (Phi) is 4.57. The zero-order valence-electron chi connectivity index (χ0n) is 16.5. The number of hydrogen-bond donors (Lipinski definition) is 1.